The van der Waals surface area contributed by atoms with E-state index in [4.69, 9.17) is 0 Å². The Kier molecular flexibility index (Phi) is 7.55. The van der Waals surface area contributed by atoms with Gasteiger partial charge in [-0.2, -0.15) is 0 Å². The minimum absolute atomic E-state index is 0. The van der Waals surface area contributed by atoms with Gasteiger partial charge in [-0.25, -0.2) is 4.98 Å². The van der Waals surface area contributed by atoms with E-state index < -0.39 is 0 Å². The van der Waals surface area contributed by atoms with Gasteiger partial charge in [-0.15, -0.1) is 24.0 Å². The molecule has 2 amide bonds. The maximum atomic E-state index is 12.7. The van der Waals surface area contributed by atoms with E-state index in [1.807, 2.05) is 6.20 Å². The number of nitrogens with zero attached hydrogens (tertiary/aromatic N) is 4. The van der Waals surface area contributed by atoms with Crippen molar-refractivity contribution < 1.29 is 9.59 Å². The molecule has 0 spiro atoms. The molecule has 1 aromatic heterocycles. The fraction of sp³-hybridized carbons (Fsp3) is 0.583. The highest BCUT2D eigenvalue weighted by atomic mass is 127. The molecule has 1 aromatic rings. The number of aromatic nitrogens is 1. The number of amides is 2. The summed E-state index contributed by atoms with van der Waals surface area (Å²) in [4.78, 5) is 38.2. The summed E-state index contributed by atoms with van der Waals surface area (Å²) in [5.74, 6) is 2.14. The molecule has 178 valence electrons. The number of likely N-dealkylation sites (tertiary alicyclic amines) is 1. The number of halogens is 1. The smallest absolute Gasteiger partial charge is 0.233 e. The molecule has 5 rings (SSSR count). The number of pyridine rings is 1. The summed E-state index contributed by atoms with van der Waals surface area (Å²) in [6, 6.07) is 4.18. The number of carbonyl (C=O) groups is 2. The van der Waals surface area contributed by atoms with Gasteiger partial charge >= 0.3 is 0 Å². The summed E-state index contributed by atoms with van der Waals surface area (Å²) in [5.41, 5.74) is 1.10. The van der Waals surface area contributed by atoms with Crippen LogP contribution in [0, 0.1) is 23.7 Å². The van der Waals surface area contributed by atoms with Crippen molar-refractivity contribution in [3.63, 3.8) is 0 Å². The van der Waals surface area contributed by atoms with Crippen LogP contribution in [0.25, 0.3) is 0 Å². The zero-order valence-corrected chi connectivity index (χ0v) is 21.4. The Morgan fingerprint density at radius 3 is 2.39 bits per heavy atom. The molecule has 33 heavy (non-hydrogen) atoms. The number of rotatable bonds is 7. The fourth-order valence-electron chi connectivity index (χ4n) is 5.69. The van der Waals surface area contributed by atoms with Crippen LogP contribution in [-0.4, -0.2) is 60.9 Å². The second kappa shape index (κ2) is 10.4. The SMILES string of the molecule is CN=C(NCCCN1C(=O)C2C3C=CC(C3)C2C1=O)NCc1ccc(N2CCCC2)nc1.I. The molecule has 3 fully saturated rings. The van der Waals surface area contributed by atoms with Gasteiger partial charge in [-0.3, -0.25) is 19.5 Å². The highest BCUT2D eigenvalue weighted by Gasteiger charge is 2.58. The van der Waals surface area contributed by atoms with E-state index in [1.165, 1.54) is 17.7 Å². The maximum absolute atomic E-state index is 12.7. The highest BCUT2D eigenvalue weighted by molar-refractivity contribution is 14.0. The second-order valence-electron chi connectivity index (χ2n) is 9.25. The van der Waals surface area contributed by atoms with E-state index in [0.717, 1.165) is 30.9 Å². The summed E-state index contributed by atoms with van der Waals surface area (Å²) < 4.78 is 0. The molecule has 2 saturated heterocycles. The molecule has 4 atom stereocenters. The number of anilines is 1. The number of allylic oxidation sites excluding steroid dienone is 2. The van der Waals surface area contributed by atoms with Crippen LogP contribution in [-0.2, 0) is 16.1 Å². The number of aliphatic imine (C=N–C) groups is 1. The van der Waals surface area contributed by atoms with Gasteiger partial charge in [-0.05, 0) is 49.1 Å². The number of nitrogens with one attached hydrogen (secondary N) is 2. The van der Waals surface area contributed by atoms with E-state index in [9.17, 15) is 9.59 Å². The van der Waals surface area contributed by atoms with E-state index in [1.54, 1.807) is 7.05 Å². The third-order valence-electron chi connectivity index (χ3n) is 7.34. The van der Waals surface area contributed by atoms with Crippen LogP contribution in [0.3, 0.4) is 0 Å². The van der Waals surface area contributed by atoms with Crippen LogP contribution in [0.15, 0.2) is 35.5 Å². The lowest BCUT2D eigenvalue weighted by atomic mass is 9.85. The van der Waals surface area contributed by atoms with Crippen LogP contribution in [0.5, 0.6) is 0 Å². The largest absolute Gasteiger partial charge is 0.357 e. The number of hydrogen-bond donors (Lipinski definition) is 2. The van der Waals surface area contributed by atoms with E-state index in [-0.39, 0.29) is 59.5 Å². The Balaban J connectivity index is 0.00000259. The van der Waals surface area contributed by atoms with Gasteiger partial charge in [0.15, 0.2) is 5.96 Å². The molecule has 1 saturated carbocycles. The van der Waals surface area contributed by atoms with Crippen LogP contribution < -0.4 is 15.5 Å². The van der Waals surface area contributed by atoms with Crippen molar-refractivity contribution in [1.82, 2.24) is 20.5 Å². The van der Waals surface area contributed by atoms with Crippen LogP contribution in [0.1, 0.15) is 31.2 Å². The van der Waals surface area contributed by atoms with Gasteiger partial charge in [0.05, 0.1) is 11.8 Å². The van der Waals surface area contributed by atoms with Gasteiger partial charge < -0.3 is 15.5 Å². The van der Waals surface area contributed by atoms with Gasteiger partial charge in [0, 0.05) is 46.0 Å². The highest BCUT2D eigenvalue weighted by Crippen LogP contribution is 2.52. The van der Waals surface area contributed by atoms with E-state index in [0.29, 0.717) is 32.0 Å². The molecule has 0 radical (unpaired) electrons. The summed E-state index contributed by atoms with van der Waals surface area (Å²) in [6.07, 6.45) is 10.3. The van der Waals surface area contributed by atoms with Crippen LogP contribution >= 0.6 is 24.0 Å². The molecular formula is C24H33IN6O2. The number of guanidine groups is 1. The van der Waals surface area contributed by atoms with Crippen molar-refractivity contribution >= 4 is 47.6 Å². The molecule has 3 heterocycles. The number of carbonyl (C=O) groups excluding carboxylic acids is 2. The van der Waals surface area contributed by atoms with Crippen LogP contribution in [0.4, 0.5) is 5.82 Å². The van der Waals surface area contributed by atoms with E-state index in [2.05, 4.69) is 49.8 Å². The topological polar surface area (TPSA) is 89.9 Å². The predicted molar refractivity (Wildman–Crippen MR) is 138 cm³/mol. The van der Waals surface area contributed by atoms with Crippen LogP contribution in [0.2, 0.25) is 0 Å². The Hall–Kier alpha value is -2.17. The monoisotopic (exact) mass is 564 g/mol. The van der Waals surface area contributed by atoms with Crippen molar-refractivity contribution in [1.29, 1.82) is 0 Å². The predicted octanol–water partition coefficient (Wildman–Crippen LogP) is 2.16. The Morgan fingerprint density at radius 1 is 1.09 bits per heavy atom. The lowest BCUT2D eigenvalue weighted by molar-refractivity contribution is -0.140. The normalized spacial score (nSPS) is 27.8. The third kappa shape index (κ3) is 4.74. The lowest BCUT2D eigenvalue weighted by Crippen LogP contribution is -2.39. The van der Waals surface area contributed by atoms with Crippen molar-refractivity contribution in [2.75, 3.05) is 38.1 Å². The molecule has 2 N–H and O–H groups in total. The van der Waals surface area contributed by atoms with Crippen molar-refractivity contribution in [2.45, 2.75) is 32.2 Å². The molecule has 8 nitrogen and oxygen atoms in total. The van der Waals surface area contributed by atoms with Gasteiger partial charge in [0.2, 0.25) is 11.8 Å². The molecule has 4 unspecified atom stereocenters. The maximum Gasteiger partial charge on any atom is 0.233 e. The average molecular weight is 564 g/mol. The minimum atomic E-state index is -0.106. The Morgan fingerprint density at radius 2 is 1.79 bits per heavy atom. The Labute approximate surface area is 212 Å². The molecule has 9 heteroatoms. The first-order chi connectivity index (χ1) is 15.7. The first-order valence-corrected chi connectivity index (χ1v) is 11.8. The number of hydrogen-bond acceptors (Lipinski definition) is 5. The number of fused-ring (bicyclic) bond motifs is 5. The summed E-state index contributed by atoms with van der Waals surface area (Å²) in [5, 5.41) is 6.58. The summed E-state index contributed by atoms with van der Waals surface area (Å²) in [6.45, 7) is 3.93. The van der Waals surface area contributed by atoms with Crippen molar-refractivity contribution in [2.24, 2.45) is 28.7 Å². The van der Waals surface area contributed by atoms with Crippen molar-refractivity contribution in [3.8, 4) is 0 Å². The number of imide groups is 1. The zero-order valence-electron chi connectivity index (χ0n) is 19.1. The lowest BCUT2D eigenvalue weighted by Gasteiger charge is -2.18. The third-order valence-corrected chi connectivity index (χ3v) is 7.34. The van der Waals surface area contributed by atoms with Gasteiger partial charge in [-0.1, -0.05) is 18.2 Å². The quantitative estimate of drug-likeness (QED) is 0.132. The fourth-order valence-corrected chi connectivity index (χ4v) is 5.69. The first kappa shape index (κ1) is 24.0. The molecule has 2 aliphatic heterocycles. The van der Waals surface area contributed by atoms with E-state index >= 15 is 0 Å². The van der Waals surface area contributed by atoms with Crippen molar-refractivity contribution in [3.05, 3.63) is 36.0 Å². The molecule has 0 aromatic carbocycles. The summed E-state index contributed by atoms with van der Waals surface area (Å²) >= 11 is 0. The van der Waals surface area contributed by atoms with Gasteiger partial charge in [0.25, 0.3) is 0 Å². The molecule has 2 aliphatic carbocycles. The first-order valence-electron chi connectivity index (χ1n) is 11.8. The minimum Gasteiger partial charge on any atom is -0.357 e. The molecular weight excluding hydrogens is 531 g/mol. The summed E-state index contributed by atoms with van der Waals surface area (Å²) in [7, 11) is 1.74. The zero-order chi connectivity index (χ0) is 22.1. The molecule has 4 aliphatic rings. The standard InChI is InChI=1S/C24H32N6O2.HI/c1-25-24(28-15-16-5-8-19(27-14-16)29-10-2-3-11-29)26-9-4-12-30-22(31)20-17-6-7-18(13-17)21(20)23(30)32;/h5-8,14,17-18,20-21H,2-4,9-13,15H2,1H3,(H2,25,26,28);1H. The Bertz CT molecular complexity index is 897. The molecule has 2 bridgehead atoms. The second-order valence-corrected chi connectivity index (χ2v) is 9.25. The average Bonchev–Trinajstić information content (AvgIpc) is 3.60. The van der Waals surface area contributed by atoms with Gasteiger partial charge in [0.1, 0.15) is 5.82 Å².